The van der Waals surface area contributed by atoms with Crippen molar-refractivity contribution in [2.75, 3.05) is 0 Å². The maximum absolute atomic E-state index is 2.54. The molecule has 0 N–H and O–H groups in total. The molecule has 0 saturated carbocycles. The Labute approximate surface area is 237 Å². The average molecular weight is 523 g/mol. The molecular weight excluding hydrogens is 496 g/mol. The number of rotatable bonds is 1. The third kappa shape index (κ3) is 2.46. The van der Waals surface area contributed by atoms with Gasteiger partial charge in [0.1, 0.15) is 0 Å². The van der Waals surface area contributed by atoms with Crippen LogP contribution in [0.25, 0.3) is 76.7 Å². The molecule has 1 aliphatic rings. The quantitative estimate of drug-likeness (QED) is 0.203. The summed E-state index contributed by atoms with van der Waals surface area (Å²) in [6, 6.07) is 45.1. The zero-order valence-corrected chi connectivity index (χ0v) is 22.9. The van der Waals surface area contributed by atoms with Crippen LogP contribution in [0.1, 0.15) is 25.0 Å². The van der Waals surface area contributed by atoms with Crippen molar-refractivity contribution >= 4 is 59.9 Å². The van der Waals surface area contributed by atoms with Crippen LogP contribution in [0, 0.1) is 0 Å². The Kier molecular flexibility index (Phi) is 3.79. The van der Waals surface area contributed by atoms with E-state index in [1.54, 1.807) is 0 Å². The van der Waals surface area contributed by atoms with Gasteiger partial charge in [0.05, 0.1) is 27.6 Å². The van der Waals surface area contributed by atoms with Crippen LogP contribution in [-0.4, -0.2) is 8.97 Å². The molecule has 0 fully saturated rings. The predicted molar refractivity (Wildman–Crippen MR) is 173 cm³/mol. The zero-order valence-electron chi connectivity index (χ0n) is 22.9. The fourth-order valence-electron chi connectivity index (χ4n) is 8.07. The second-order valence-corrected chi connectivity index (χ2v) is 12.2. The molecule has 0 bridgehead atoms. The van der Waals surface area contributed by atoms with Crippen molar-refractivity contribution < 1.29 is 0 Å². The summed E-state index contributed by atoms with van der Waals surface area (Å²) in [4.78, 5) is 0. The summed E-state index contributed by atoms with van der Waals surface area (Å²) in [5.41, 5.74) is 13.2. The highest BCUT2D eigenvalue weighted by Gasteiger charge is 2.36. The van der Waals surface area contributed by atoms with E-state index in [4.69, 9.17) is 0 Å². The first-order valence-electron chi connectivity index (χ1n) is 14.5. The predicted octanol–water partition coefficient (Wildman–Crippen LogP) is 10.2. The highest BCUT2D eigenvalue weighted by Crippen LogP contribution is 2.52. The Bertz CT molecular complexity index is 2540. The number of para-hydroxylation sites is 3. The summed E-state index contributed by atoms with van der Waals surface area (Å²) in [5, 5.41) is 7.99. The van der Waals surface area contributed by atoms with Gasteiger partial charge in [-0.2, -0.15) is 0 Å². The van der Waals surface area contributed by atoms with Gasteiger partial charge >= 0.3 is 0 Å². The van der Waals surface area contributed by atoms with E-state index in [1.807, 2.05) is 0 Å². The lowest BCUT2D eigenvalue weighted by Gasteiger charge is -2.21. The Balaban J connectivity index is 1.41. The molecule has 0 saturated heterocycles. The van der Waals surface area contributed by atoms with Crippen LogP contribution in [0.4, 0.5) is 0 Å². The largest absolute Gasteiger partial charge is 0.309 e. The smallest absolute Gasteiger partial charge is 0.0620 e. The average Bonchev–Trinajstić information content (AvgIpc) is 3.70. The molecule has 0 atom stereocenters. The van der Waals surface area contributed by atoms with Crippen molar-refractivity contribution in [2.45, 2.75) is 19.3 Å². The van der Waals surface area contributed by atoms with E-state index >= 15 is 0 Å². The Morgan fingerprint density at radius 1 is 0.463 bits per heavy atom. The maximum atomic E-state index is 2.54. The van der Waals surface area contributed by atoms with Gasteiger partial charge in [-0.3, -0.25) is 0 Å². The van der Waals surface area contributed by atoms with Crippen molar-refractivity contribution in [3.05, 3.63) is 132 Å². The number of aromatic nitrogens is 2. The van der Waals surface area contributed by atoms with E-state index in [-0.39, 0.29) is 5.41 Å². The highest BCUT2D eigenvalue weighted by atomic mass is 15.0. The van der Waals surface area contributed by atoms with Crippen molar-refractivity contribution in [3.8, 4) is 16.8 Å². The fraction of sp³-hybridized carbons (Fsp3) is 0.0769. The molecule has 3 heterocycles. The van der Waals surface area contributed by atoms with Gasteiger partial charge in [-0.05, 0) is 64.7 Å². The minimum Gasteiger partial charge on any atom is -0.309 e. The van der Waals surface area contributed by atoms with E-state index in [0.717, 1.165) is 0 Å². The van der Waals surface area contributed by atoms with Gasteiger partial charge < -0.3 is 8.97 Å². The number of nitrogens with zero attached hydrogens (tertiary/aromatic N) is 2. The van der Waals surface area contributed by atoms with Crippen LogP contribution in [0.3, 0.4) is 0 Å². The first-order chi connectivity index (χ1) is 20.1. The molecule has 2 nitrogen and oxygen atoms in total. The zero-order chi connectivity index (χ0) is 27.0. The SMILES string of the molecule is CC1(C)c2ccccc2-c2cc3c(cc21)c1cccc2c4c5c6ccccc6n(-c6ccccc6)c5ccc4n3c12. The van der Waals surface area contributed by atoms with Gasteiger partial charge in [0, 0.05) is 43.4 Å². The summed E-state index contributed by atoms with van der Waals surface area (Å²) < 4.78 is 4.96. The normalized spacial score (nSPS) is 14.3. The van der Waals surface area contributed by atoms with E-state index in [9.17, 15) is 0 Å². The molecule has 0 unspecified atom stereocenters. The van der Waals surface area contributed by atoms with Crippen LogP contribution in [0.2, 0.25) is 0 Å². The molecule has 1 aliphatic carbocycles. The van der Waals surface area contributed by atoms with Crippen molar-refractivity contribution in [2.24, 2.45) is 0 Å². The van der Waals surface area contributed by atoms with Gasteiger partial charge in [0.2, 0.25) is 0 Å². The van der Waals surface area contributed by atoms with E-state index in [2.05, 4.69) is 144 Å². The van der Waals surface area contributed by atoms with Crippen LogP contribution >= 0.6 is 0 Å². The molecular formula is C39H26N2. The van der Waals surface area contributed by atoms with E-state index < -0.39 is 0 Å². The van der Waals surface area contributed by atoms with E-state index in [1.165, 1.54) is 87.8 Å². The van der Waals surface area contributed by atoms with E-state index in [0.29, 0.717) is 0 Å². The second kappa shape index (κ2) is 7.16. The highest BCUT2D eigenvalue weighted by molar-refractivity contribution is 6.33. The monoisotopic (exact) mass is 522 g/mol. The summed E-state index contributed by atoms with van der Waals surface area (Å²) in [7, 11) is 0. The summed E-state index contributed by atoms with van der Waals surface area (Å²) in [5.74, 6) is 0. The summed E-state index contributed by atoms with van der Waals surface area (Å²) in [6.07, 6.45) is 0. The summed E-state index contributed by atoms with van der Waals surface area (Å²) >= 11 is 0. The first-order valence-corrected chi connectivity index (χ1v) is 14.5. The minimum atomic E-state index is -0.0143. The standard InChI is InChI=1S/C39H26N2/c1-39(2)30-17-8-6-13-24(30)28-22-35-29(21-31(28)39)25-15-10-16-27-37-34(41(35)38(25)27)20-19-33-36(37)26-14-7-9-18-32(26)40(33)23-11-4-3-5-12-23/h3-22H,1-2H3. The lowest BCUT2D eigenvalue weighted by Crippen LogP contribution is -2.14. The van der Waals surface area contributed by atoms with Crippen LogP contribution in [-0.2, 0) is 5.41 Å². The third-order valence-electron chi connectivity index (χ3n) is 9.83. The molecule has 0 radical (unpaired) electrons. The van der Waals surface area contributed by atoms with Gasteiger partial charge in [0.25, 0.3) is 0 Å². The molecule has 9 aromatic rings. The summed E-state index contributed by atoms with van der Waals surface area (Å²) in [6.45, 7) is 4.74. The minimum absolute atomic E-state index is 0.0143. The number of fused-ring (bicyclic) bond motifs is 13. The van der Waals surface area contributed by atoms with Gasteiger partial charge in [-0.25, -0.2) is 0 Å². The number of hydrogen-bond donors (Lipinski definition) is 0. The Hall–Kier alpha value is -5.08. The number of hydrogen-bond acceptors (Lipinski definition) is 0. The molecule has 2 heteroatoms. The lowest BCUT2D eigenvalue weighted by molar-refractivity contribution is 0.661. The third-order valence-corrected chi connectivity index (χ3v) is 9.83. The molecule has 6 aromatic carbocycles. The van der Waals surface area contributed by atoms with Crippen LogP contribution in [0.5, 0.6) is 0 Å². The molecule has 192 valence electrons. The topological polar surface area (TPSA) is 9.34 Å². The fourth-order valence-corrected chi connectivity index (χ4v) is 8.07. The molecule has 0 amide bonds. The van der Waals surface area contributed by atoms with Crippen LogP contribution in [0.15, 0.2) is 121 Å². The van der Waals surface area contributed by atoms with Crippen LogP contribution < -0.4 is 0 Å². The molecule has 3 aromatic heterocycles. The van der Waals surface area contributed by atoms with Gasteiger partial charge in [0.15, 0.2) is 0 Å². The Morgan fingerprint density at radius 3 is 2.07 bits per heavy atom. The molecule has 0 aliphatic heterocycles. The maximum Gasteiger partial charge on any atom is 0.0620 e. The Morgan fingerprint density at radius 2 is 1.17 bits per heavy atom. The second-order valence-electron chi connectivity index (χ2n) is 12.2. The van der Waals surface area contributed by atoms with Crippen molar-refractivity contribution in [3.63, 3.8) is 0 Å². The van der Waals surface area contributed by atoms with Gasteiger partial charge in [-0.15, -0.1) is 0 Å². The molecule has 0 spiro atoms. The molecule has 10 rings (SSSR count). The number of benzene rings is 6. The molecule has 41 heavy (non-hydrogen) atoms. The lowest BCUT2D eigenvalue weighted by atomic mass is 9.82. The van der Waals surface area contributed by atoms with Crippen molar-refractivity contribution in [1.82, 2.24) is 8.97 Å². The van der Waals surface area contributed by atoms with Gasteiger partial charge in [-0.1, -0.05) is 92.7 Å². The first kappa shape index (κ1) is 21.7. The van der Waals surface area contributed by atoms with Crippen molar-refractivity contribution in [1.29, 1.82) is 0 Å².